The van der Waals surface area contributed by atoms with Crippen LogP contribution in [0, 0.1) is 0 Å². The number of hydrogen-bond acceptors (Lipinski definition) is 6. The number of halogens is 3. The largest absolute Gasteiger partial charge is 0.486 e. The predicted molar refractivity (Wildman–Crippen MR) is 115 cm³/mol. The summed E-state index contributed by atoms with van der Waals surface area (Å²) in [5.41, 5.74) is -0.166. The van der Waals surface area contributed by atoms with Gasteiger partial charge in [0.1, 0.15) is 13.2 Å². The van der Waals surface area contributed by atoms with Crippen LogP contribution in [0.3, 0.4) is 0 Å². The van der Waals surface area contributed by atoms with Gasteiger partial charge in [0, 0.05) is 23.6 Å². The number of aromatic nitrogens is 5. The molecule has 1 aliphatic rings. The normalized spacial score (nSPS) is 13.5. The van der Waals surface area contributed by atoms with E-state index >= 15 is 0 Å². The van der Waals surface area contributed by atoms with Crippen LogP contribution in [-0.2, 0) is 6.18 Å². The molecule has 8 nitrogen and oxygen atoms in total. The van der Waals surface area contributed by atoms with Crippen LogP contribution in [0.15, 0.2) is 65.7 Å². The van der Waals surface area contributed by atoms with E-state index in [0.717, 1.165) is 16.7 Å². The average molecular weight is 465 g/mol. The van der Waals surface area contributed by atoms with E-state index in [1.165, 1.54) is 29.0 Å². The molecule has 4 heterocycles. The molecule has 11 heteroatoms. The van der Waals surface area contributed by atoms with Gasteiger partial charge in [0.2, 0.25) is 0 Å². The van der Waals surface area contributed by atoms with Gasteiger partial charge in [0.25, 0.3) is 11.3 Å². The number of fused-ring (bicyclic) bond motifs is 4. The molecule has 0 bridgehead atoms. The molecule has 0 unspecified atom stereocenters. The van der Waals surface area contributed by atoms with E-state index in [1.54, 1.807) is 24.3 Å². The van der Waals surface area contributed by atoms with E-state index in [9.17, 15) is 18.0 Å². The lowest BCUT2D eigenvalue weighted by atomic mass is 10.2. The van der Waals surface area contributed by atoms with Crippen LogP contribution in [0.5, 0.6) is 11.5 Å². The Balaban J connectivity index is 1.47. The highest BCUT2D eigenvalue weighted by molar-refractivity contribution is 5.79. The lowest BCUT2D eigenvalue weighted by Crippen LogP contribution is -2.19. The van der Waals surface area contributed by atoms with Crippen LogP contribution < -0.4 is 15.0 Å². The molecule has 0 saturated carbocycles. The van der Waals surface area contributed by atoms with Crippen LogP contribution in [0.2, 0.25) is 0 Å². The smallest absolute Gasteiger partial charge is 0.416 e. The van der Waals surface area contributed by atoms with Gasteiger partial charge < -0.3 is 9.47 Å². The molecule has 2 aromatic carbocycles. The summed E-state index contributed by atoms with van der Waals surface area (Å²) in [7, 11) is 0. The van der Waals surface area contributed by atoms with E-state index < -0.39 is 17.3 Å². The quantitative estimate of drug-likeness (QED) is 0.394. The average Bonchev–Trinajstić information content (AvgIpc) is 3.28. The summed E-state index contributed by atoms with van der Waals surface area (Å²) in [6, 6.07) is 11.5. The monoisotopic (exact) mass is 465 g/mol. The summed E-state index contributed by atoms with van der Waals surface area (Å²) in [5, 5.41) is 4.69. The highest BCUT2D eigenvalue weighted by Gasteiger charge is 2.30. The zero-order valence-electron chi connectivity index (χ0n) is 17.3. The van der Waals surface area contributed by atoms with Gasteiger partial charge in [-0.3, -0.25) is 9.36 Å². The first-order valence-corrected chi connectivity index (χ1v) is 10.2. The molecular weight excluding hydrogens is 451 g/mol. The number of rotatable bonds is 2. The van der Waals surface area contributed by atoms with Gasteiger partial charge in [-0.25, -0.2) is 4.98 Å². The molecule has 0 amide bonds. The van der Waals surface area contributed by atoms with E-state index in [4.69, 9.17) is 9.47 Å². The third-order valence-corrected chi connectivity index (χ3v) is 5.49. The van der Waals surface area contributed by atoms with Crippen molar-refractivity contribution >= 4 is 16.7 Å². The van der Waals surface area contributed by atoms with E-state index in [0.29, 0.717) is 41.6 Å². The summed E-state index contributed by atoms with van der Waals surface area (Å²) in [6.45, 7) is 0.923. The maximum Gasteiger partial charge on any atom is 0.416 e. The molecule has 0 aliphatic carbocycles. The maximum absolute atomic E-state index is 13.1. The van der Waals surface area contributed by atoms with E-state index in [-0.39, 0.29) is 16.9 Å². The minimum atomic E-state index is -4.52. The van der Waals surface area contributed by atoms with Crippen molar-refractivity contribution in [3.63, 3.8) is 0 Å². The fourth-order valence-electron chi connectivity index (χ4n) is 3.86. The fraction of sp³-hybridized carbons (Fsp3) is 0.130. The van der Waals surface area contributed by atoms with Crippen molar-refractivity contribution in [3.05, 3.63) is 76.8 Å². The zero-order chi connectivity index (χ0) is 23.4. The second-order valence-electron chi connectivity index (χ2n) is 7.60. The molecule has 170 valence electrons. The van der Waals surface area contributed by atoms with Crippen molar-refractivity contribution < 1.29 is 22.6 Å². The van der Waals surface area contributed by atoms with Crippen molar-refractivity contribution in [1.82, 2.24) is 24.1 Å². The number of benzene rings is 2. The van der Waals surface area contributed by atoms with Gasteiger partial charge in [0.05, 0.1) is 16.5 Å². The molecule has 3 aromatic heterocycles. The third-order valence-electron chi connectivity index (χ3n) is 5.49. The SMILES string of the molecule is O=c1c2cnc3nc(-c4ccc5c(c4)OCCO5)nn3c2ccn1-c1cccc(C(F)(F)F)c1. The standard InChI is InChI=1S/C23H14F3N5O3/c24-23(25,26)14-2-1-3-15(11-14)30-7-6-17-16(21(30)32)12-27-22-28-20(29-31(17)22)13-4-5-18-19(10-13)34-9-8-33-18/h1-7,10-12H,8-9H2. The first kappa shape index (κ1) is 20.2. The Morgan fingerprint density at radius 3 is 2.62 bits per heavy atom. The molecule has 6 rings (SSSR count). The van der Waals surface area contributed by atoms with Crippen LogP contribution in [0.1, 0.15) is 5.56 Å². The van der Waals surface area contributed by atoms with Crippen LogP contribution in [-0.4, -0.2) is 37.4 Å². The molecule has 5 aromatic rings. The van der Waals surface area contributed by atoms with Crippen molar-refractivity contribution in [3.8, 4) is 28.6 Å². The Morgan fingerprint density at radius 2 is 1.79 bits per heavy atom. The van der Waals surface area contributed by atoms with E-state index in [1.807, 2.05) is 0 Å². The van der Waals surface area contributed by atoms with Gasteiger partial charge in [0.15, 0.2) is 17.3 Å². The van der Waals surface area contributed by atoms with Gasteiger partial charge >= 0.3 is 6.18 Å². The molecular formula is C23H14F3N5O3. The topological polar surface area (TPSA) is 83.5 Å². The van der Waals surface area contributed by atoms with Crippen molar-refractivity contribution in [2.45, 2.75) is 6.18 Å². The molecule has 0 radical (unpaired) electrons. The van der Waals surface area contributed by atoms with Gasteiger partial charge in [-0.2, -0.15) is 22.7 Å². The number of ether oxygens (including phenoxy) is 2. The second-order valence-corrected chi connectivity index (χ2v) is 7.60. The Labute approximate surface area is 188 Å². The molecule has 1 aliphatic heterocycles. The second kappa shape index (κ2) is 7.30. The summed E-state index contributed by atoms with van der Waals surface area (Å²) >= 11 is 0. The Hall–Kier alpha value is -4.41. The minimum Gasteiger partial charge on any atom is -0.486 e. The first-order valence-electron chi connectivity index (χ1n) is 10.2. The van der Waals surface area contributed by atoms with Gasteiger partial charge in [-0.1, -0.05) is 6.07 Å². The first-order chi connectivity index (χ1) is 16.4. The Bertz CT molecular complexity index is 1640. The predicted octanol–water partition coefficient (Wildman–Crippen LogP) is 3.89. The van der Waals surface area contributed by atoms with Gasteiger partial charge in [-0.05, 0) is 42.5 Å². The number of hydrogen-bond donors (Lipinski definition) is 0. The van der Waals surface area contributed by atoms with Crippen molar-refractivity contribution in [2.24, 2.45) is 0 Å². The van der Waals surface area contributed by atoms with Crippen molar-refractivity contribution in [1.29, 1.82) is 0 Å². The molecule has 0 atom stereocenters. The zero-order valence-corrected chi connectivity index (χ0v) is 17.3. The Kier molecular flexibility index (Phi) is 4.34. The summed E-state index contributed by atoms with van der Waals surface area (Å²) in [4.78, 5) is 21.8. The summed E-state index contributed by atoms with van der Waals surface area (Å²) in [6.07, 6.45) is -1.76. The minimum absolute atomic E-state index is 0.0948. The van der Waals surface area contributed by atoms with Crippen LogP contribution in [0.25, 0.3) is 33.8 Å². The molecule has 0 N–H and O–H groups in total. The number of nitrogens with zero attached hydrogens (tertiary/aromatic N) is 5. The van der Waals surface area contributed by atoms with E-state index in [2.05, 4.69) is 15.1 Å². The van der Waals surface area contributed by atoms with Gasteiger partial charge in [-0.15, -0.1) is 5.10 Å². The lowest BCUT2D eigenvalue weighted by Gasteiger charge is -2.18. The molecule has 0 fully saturated rings. The lowest BCUT2D eigenvalue weighted by molar-refractivity contribution is -0.137. The van der Waals surface area contributed by atoms with Crippen LogP contribution >= 0.6 is 0 Å². The Morgan fingerprint density at radius 1 is 0.971 bits per heavy atom. The molecule has 0 spiro atoms. The maximum atomic E-state index is 13.1. The summed E-state index contributed by atoms with van der Waals surface area (Å²) < 4.78 is 53.1. The summed E-state index contributed by atoms with van der Waals surface area (Å²) in [5.74, 6) is 1.87. The highest BCUT2D eigenvalue weighted by atomic mass is 19.4. The van der Waals surface area contributed by atoms with Crippen molar-refractivity contribution in [2.75, 3.05) is 13.2 Å². The molecule has 0 saturated heterocycles. The molecule has 34 heavy (non-hydrogen) atoms. The third kappa shape index (κ3) is 3.24. The van der Waals surface area contributed by atoms with Crippen LogP contribution in [0.4, 0.5) is 13.2 Å². The highest BCUT2D eigenvalue weighted by Crippen LogP contribution is 2.34. The fourth-order valence-corrected chi connectivity index (χ4v) is 3.86. The number of pyridine rings is 1. The number of alkyl halides is 3.